The molecule has 0 spiro atoms. The molecule has 0 saturated heterocycles. The second-order valence-electron chi connectivity index (χ2n) is 4.48. The van der Waals surface area contributed by atoms with Gasteiger partial charge < -0.3 is 5.11 Å². The van der Waals surface area contributed by atoms with Gasteiger partial charge in [0.25, 0.3) is 5.56 Å². The molecular formula is C15H11N3O3. The molecule has 0 aliphatic rings. The quantitative estimate of drug-likeness (QED) is 0.787. The standard InChI is InChI=1S/C15H11N3O3/c19-14-12-7-2-1-6-11(12)13(15(20)21)17-18(14)9-10-5-3-4-8-16-10/h1-8H,9H2,(H,20,21). The summed E-state index contributed by atoms with van der Waals surface area (Å²) < 4.78 is 1.13. The van der Waals surface area contributed by atoms with Crippen molar-refractivity contribution in [3.63, 3.8) is 0 Å². The van der Waals surface area contributed by atoms with Crippen LogP contribution in [0.25, 0.3) is 10.8 Å². The number of nitrogens with zero attached hydrogens (tertiary/aromatic N) is 3. The lowest BCUT2D eigenvalue weighted by molar-refractivity contribution is 0.0690. The van der Waals surface area contributed by atoms with Crippen molar-refractivity contribution in [3.8, 4) is 0 Å². The summed E-state index contributed by atoms with van der Waals surface area (Å²) in [6.45, 7) is 0.130. The molecule has 2 aromatic heterocycles. The van der Waals surface area contributed by atoms with Gasteiger partial charge in [0.1, 0.15) is 0 Å². The number of aromatic carboxylic acids is 1. The second-order valence-corrected chi connectivity index (χ2v) is 4.48. The van der Waals surface area contributed by atoms with Crippen LogP contribution >= 0.6 is 0 Å². The van der Waals surface area contributed by atoms with E-state index in [0.717, 1.165) is 4.68 Å². The van der Waals surface area contributed by atoms with Gasteiger partial charge in [-0.2, -0.15) is 5.10 Å². The zero-order valence-corrected chi connectivity index (χ0v) is 10.9. The Hall–Kier alpha value is -3.02. The predicted molar refractivity (Wildman–Crippen MR) is 76.3 cm³/mol. The molecule has 0 unspecified atom stereocenters. The van der Waals surface area contributed by atoms with Gasteiger partial charge >= 0.3 is 5.97 Å². The summed E-state index contributed by atoms with van der Waals surface area (Å²) >= 11 is 0. The number of hydrogen-bond acceptors (Lipinski definition) is 4. The largest absolute Gasteiger partial charge is 0.476 e. The van der Waals surface area contributed by atoms with Gasteiger partial charge in [0, 0.05) is 11.6 Å². The van der Waals surface area contributed by atoms with Crippen molar-refractivity contribution in [2.75, 3.05) is 0 Å². The fourth-order valence-corrected chi connectivity index (χ4v) is 2.15. The van der Waals surface area contributed by atoms with Gasteiger partial charge in [0.2, 0.25) is 0 Å². The average molecular weight is 281 g/mol. The zero-order valence-electron chi connectivity index (χ0n) is 10.9. The topological polar surface area (TPSA) is 85.1 Å². The lowest BCUT2D eigenvalue weighted by atomic mass is 10.1. The molecule has 0 radical (unpaired) electrons. The smallest absolute Gasteiger partial charge is 0.357 e. The Morgan fingerprint density at radius 2 is 1.81 bits per heavy atom. The summed E-state index contributed by atoms with van der Waals surface area (Å²) in [7, 11) is 0. The summed E-state index contributed by atoms with van der Waals surface area (Å²) in [4.78, 5) is 27.8. The number of carboxylic acid groups (broad SMARTS) is 1. The third-order valence-electron chi connectivity index (χ3n) is 3.11. The number of aromatic nitrogens is 3. The molecule has 0 atom stereocenters. The van der Waals surface area contributed by atoms with Crippen LogP contribution in [0.15, 0.2) is 53.5 Å². The van der Waals surface area contributed by atoms with E-state index in [2.05, 4.69) is 10.1 Å². The summed E-state index contributed by atoms with van der Waals surface area (Å²) in [6.07, 6.45) is 1.61. The molecule has 2 heterocycles. The fourth-order valence-electron chi connectivity index (χ4n) is 2.15. The molecule has 6 nitrogen and oxygen atoms in total. The highest BCUT2D eigenvalue weighted by molar-refractivity contribution is 6.01. The van der Waals surface area contributed by atoms with Crippen molar-refractivity contribution in [2.24, 2.45) is 0 Å². The zero-order chi connectivity index (χ0) is 14.8. The molecule has 0 fully saturated rings. The normalized spacial score (nSPS) is 10.7. The predicted octanol–water partition coefficient (Wildman–Crippen LogP) is 1.54. The minimum absolute atomic E-state index is 0.130. The van der Waals surface area contributed by atoms with Gasteiger partial charge in [0.15, 0.2) is 5.69 Å². The van der Waals surface area contributed by atoms with Gasteiger partial charge in [-0.3, -0.25) is 9.78 Å². The Bertz CT molecular complexity index is 872. The molecule has 0 aliphatic carbocycles. The van der Waals surface area contributed by atoms with Crippen LogP contribution in [0, 0.1) is 0 Å². The fraction of sp³-hybridized carbons (Fsp3) is 0.0667. The van der Waals surface area contributed by atoms with Crippen molar-refractivity contribution >= 4 is 16.7 Å². The first kappa shape index (κ1) is 13.0. The van der Waals surface area contributed by atoms with Crippen LogP contribution in [0.5, 0.6) is 0 Å². The van der Waals surface area contributed by atoms with Gasteiger partial charge in [-0.05, 0) is 18.2 Å². The first-order chi connectivity index (χ1) is 10.2. The van der Waals surface area contributed by atoms with E-state index in [-0.39, 0.29) is 17.8 Å². The van der Waals surface area contributed by atoms with Crippen molar-refractivity contribution in [1.82, 2.24) is 14.8 Å². The lowest BCUT2D eigenvalue weighted by Crippen LogP contribution is -2.26. The van der Waals surface area contributed by atoms with E-state index in [9.17, 15) is 14.7 Å². The maximum atomic E-state index is 12.4. The molecule has 104 valence electrons. The Labute approximate surface area is 119 Å². The van der Waals surface area contributed by atoms with Crippen molar-refractivity contribution in [2.45, 2.75) is 6.54 Å². The van der Waals surface area contributed by atoms with Crippen LogP contribution in [-0.2, 0) is 6.54 Å². The molecule has 1 aromatic carbocycles. The summed E-state index contributed by atoms with van der Waals surface area (Å²) in [6, 6.07) is 11.9. The maximum Gasteiger partial charge on any atom is 0.357 e. The van der Waals surface area contributed by atoms with Crippen molar-refractivity contribution in [1.29, 1.82) is 0 Å². The Morgan fingerprint density at radius 1 is 1.10 bits per heavy atom. The molecule has 3 rings (SSSR count). The monoisotopic (exact) mass is 281 g/mol. The SMILES string of the molecule is O=C(O)c1nn(Cc2ccccn2)c(=O)c2ccccc12. The van der Waals surface area contributed by atoms with Gasteiger partial charge in [-0.25, -0.2) is 9.48 Å². The highest BCUT2D eigenvalue weighted by Crippen LogP contribution is 2.13. The number of hydrogen-bond donors (Lipinski definition) is 1. The molecule has 0 bridgehead atoms. The molecule has 0 amide bonds. The Kier molecular flexibility index (Phi) is 3.19. The van der Waals surface area contributed by atoms with E-state index in [1.54, 1.807) is 48.7 Å². The van der Waals surface area contributed by atoms with Crippen LogP contribution in [0.2, 0.25) is 0 Å². The lowest BCUT2D eigenvalue weighted by Gasteiger charge is -2.08. The number of fused-ring (bicyclic) bond motifs is 1. The van der Waals surface area contributed by atoms with Crippen LogP contribution in [-0.4, -0.2) is 25.8 Å². The Balaban J connectivity index is 2.22. The van der Waals surface area contributed by atoms with E-state index in [1.165, 1.54) is 0 Å². The number of benzene rings is 1. The summed E-state index contributed by atoms with van der Waals surface area (Å²) in [5.74, 6) is -1.17. The number of carboxylic acids is 1. The molecule has 6 heteroatoms. The van der Waals surface area contributed by atoms with Crippen molar-refractivity contribution < 1.29 is 9.90 Å². The third-order valence-corrected chi connectivity index (χ3v) is 3.11. The van der Waals surface area contributed by atoms with E-state index < -0.39 is 5.97 Å². The van der Waals surface area contributed by atoms with Crippen LogP contribution < -0.4 is 5.56 Å². The first-order valence-electron chi connectivity index (χ1n) is 6.30. The molecule has 3 aromatic rings. The van der Waals surface area contributed by atoms with Gasteiger partial charge in [0.05, 0.1) is 17.6 Å². The number of rotatable bonds is 3. The van der Waals surface area contributed by atoms with Crippen molar-refractivity contribution in [3.05, 3.63) is 70.4 Å². The summed E-state index contributed by atoms with van der Waals surface area (Å²) in [5.41, 5.74) is 0.168. The van der Waals surface area contributed by atoms with E-state index >= 15 is 0 Å². The summed E-state index contributed by atoms with van der Waals surface area (Å²) in [5, 5.41) is 13.9. The number of pyridine rings is 1. The third kappa shape index (κ3) is 2.38. The van der Waals surface area contributed by atoms with Crippen LogP contribution in [0.1, 0.15) is 16.2 Å². The first-order valence-corrected chi connectivity index (χ1v) is 6.30. The molecule has 21 heavy (non-hydrogen) atoms. The van der Waals surface area contributed by atoms with Gasteiger partial charge in [-0.15, -0.1) is 0 Å². The van der Waals surface area contributed by atoms with Gasteiger partial charge in [-0.1, -0.05) is 24.3 Å². The van der Waals surface area contributed by atoms with E-state index in [0.29, 0.717) is 16.5 Å². The molecule has 0 aliphatic heterocycles. The highest BCUT2D eigenvalue weighted by atomic mass is 16.4. The Morgan fingerprint density at radius 3 is 2.48 bits per heavy atom. The number of carbonyl (C=O) groups is 1. The molecular weight excluding hydrogens is 270 g/mol. The van der Waals surface area contributed by atoms with E-state index in [1.807, 2.05) is 0 Å². The minimum Gasteiger partial charge on any atom is -0.476 e. The second kappa shape index (κ2) is 5.16. The molecule has 1 N–H and O–H groups in total. The highest BCUT2D eigenvalue weighted by Gasteiger charge is 2.15. The molecule has 0 saturated carbocycles. The van der Waals surface area contributed by atoms with Crippen LogP contribution in [0.3, 0.4) is 0 Å². The average Bonchev–Trinajstić information content (AvgIpc) is 2.51. The minimum atomic E-state index is -1.17. The van der Waals surface area contributed by atoms with Crippen LogP contribution in [0.4, 0.5) is 0 Å². The van der Waals surface area contributed by atoms with E-state index in [4.69, 9.17) is 0 Å². The maximum absolute atomic E-state index is 12.4.